The zero-order valence-corrected chi connectivity index (χ0v) is 18.1. The molecule has 1 atom stereocenters. The van der Waals surface area contributed by atoms with Gasteiger partial charge < -0.3 is 29.5 Å². The Morgan fingerprint density at radius 3 is 2.30 bits per heavy atom. The molecule has 0 saturated carbocycles. The second kappa shape index (κ2) is 11.3. The summed E-state index contributed by atoms with van der Waals surface area (Å²) in [7, 11) is 6.40. The maximum atomic E-state index is 14.0. The van der Waals surface area contributed by atoms with Crippen LogP contribution in [-0.2, 0) is 6.54 Å². The second-order valence-corrected chi connectivity index (χ2v) is 6.68. The van der Waals surface area contributed by atoms with E-state index in [4.69, 9.17) is 14.2 Å². The highest BCUT2D eigenvalue weighted by Gasteiger charge is 2.13. The zero-order valence-electron chi connectivity index (χ0n) is 18.1. The molecule has 0 aromatic heterocycles. The van der Waals surface area contributed by atoms with Gasteiger partial charge >= 0.3 is 0 Å². The summed E-state index contributed by atoms with van der Waals surface area (Å²) in [6, 6.07) is 10.1. The number of aliphatic hydroxyl groups is 1. The van der Waals surface area contributed by atoms with E-state index in [1.807, 2.05) is 18.9 Å². The lowest BCUT2D eigenvalue weighted by molar-refractivity contribution is 0.185. The lowest BCUT2D eigenvalue weighted by Crippen LogP contribution is -2.38. The van der Waals surface area contributed by atoms with E-state index in [1.165, 1.54) is 13.2 Å². The van der Waals surface area contributed by atoms with Crippen molar-refractivity contribution in [2.75, 3.05) is 41.5 Å². The SMILES string of the molecule is CCNC(=NCC(O)c1cc(OC)cc(OC)c1)N(C)Cc1ccc(OC)c(F)c1. The number of aliphatic imine (C=N–C) groups is 1. The highest BCUT2D eigenvalue weighted by Crippen LogP contribution is 2.26. The fourth-order valence-corrected chi connectivity index (χ4v) is 2.93. The predicted molar refractivity (Wildman–Crippen MR) is 115 cm³/mol. The molecule has 0 fully saturated rings. The van der Waals surface area contributed by atoms with E-state index < -0.39 is 11.9 Å². The van der Waals surface area contributed by atoms with Crippen molar-refractivity contribution in [2.45, 2.75) is 19.6 Å². The Balaban J connectivity index is 2.13. The molecule has 1 unspecified atom stereocenters. The fraction of sp³-hybridized carbons (Fsp3) is 0.409. The molecule has 0 aliphatic carbocycles. The minimum absolute atomic E-state index is 0.139. The molecule has 0 aliphatic rings. The van der Waals surface area contributed by atoms with Crippen LogP contribution >= 0.6 is 0 Å². The van der Waals surface area contributed by atoms with Crippen molar-refractivity contribution in [2.24, 2.45) is 4.99 Å². The summed E-state index contributed by atoms with van der Waals surface area (Å²) in [5, 5.41) is 13.8. The molecule has 0 spiro atoms. The smallest absolute Gasteiger partial charge is 0.194 e. The van der Waals surface area contributed by atoms with E-state index in [0.29, 0.717) is 36.1 Å². The molecule has 2 rings (SSSR count). The van der Waals surface area contributed by atoms with Crippen molar-refractivity contribution in [3.8, 4) is 17.2 Å². The lowest BCUT2D eigenvalue weighted by atomic mass is 10.1. The van der Waals surface area contributed by atoms with E-state index in [-0.39, 0.29) is 12.3 Å². The zero-order chi connectivity index (χ0) is 22.1. The molecule has 7 nitrogen and oxygen atoms in total. The quantitative estimate of drug-likeness (QED) is 0.481. The molecule has 0 saturated heterocycles. The van der Waals surface area contributed by atoms with Crippen molar-refractivity contribution in [1.29, 1.82) is 0 Å². The molecular formula is C22H30FN3O4. The van der Waals surface area contributed by atoms with Crippen LogP contribution in [0, 0.1) is 5.82 Å². The predicted octanol–water partition coefficient (Wildman–Crippen LogP) is 2.98. The average Bonchev–Trinajstić information content (AvgIpc) is 2.75. The Labute approximate surface area is 177 Å². The van der Waals surface area contributed by atoms with Crippen molar-refractivity contribution in [1.82, 2.24) is 10.2 Å². The van der Waals surface area contributed by atoms with Crippen LogP contribution in [0.4, 0.5) is 4.39 Å². The van der Waals surface area contributed by atoms with E-state index in [9.17, 15) is 9.50 Å². The third kappa shape index (κ3) is 6.25. The van der Waals surface area contributed by atoms with Gasteiger partial charge in [-0.3, -0.25) is 4.99 Å². The van der Waals surface area contributed by atoms with Gasteiger partial charge in [0, 0.05) is 26.2 Å². The number of benzene rings is 2. The summed E-state index contributed by atoms with van der Waals surface area (Å²) < 4.78 is 29.4. The van der Waals surface area contributed by atoms with Crippen LogP contribution in [0.15, 0.2) is 41.4 Å². The number of aliphatic hydroxyl groups excluding tert-OH is 1. The van der Waals surface area contributed by atoms with Gasteiger partial charge in [0.1, 0.15) is 11.5 Å². The van der Waals surface area contributed by atoms with E-state index in [0.717, 1.165) is 5.56 Å². The summed E-state index contributed by atoms with van der Waals surface area (Å²) in [6.45, 7) is 3.19. The number of hydrogen-bond acceptors (Lipinski definition) is 5. The average molecular weight is 419 g/mol. The number of rotatable bonds is 9. The molecule has 0 aliphatic heterocycles. The van der Waals surface area contributed by atoms with Crippen molar-refractivity contribution >= 4 is 5.96 Å². The minimum atomic E-state index is -0.838. The number of nitrogens with zero attached hydrogens (tertiary/aromatic N) is 2. The van der Waals surface area contributed by atoms with Gasteiger partial charge in [-0.2, -0.15) is 0 Å². The van der Waals surface area contributed by atoms with Crippen molar-refractivity contribution in [3.63, 3.8) is 0 Å². The summed E-state index contributed by atoms with van der Waals surface area (Å²) in [5.41, 5.74) is 1.42. The molecule has 2 aromatic carbocycles. The molecule has 0 radical (unpaired) electrons. The molecule has 0 bridgehead atoms. The first-order chi connectivity index (χ1) is 14.4. The van der Waals surface area contributed by atoms with Crippen LogP contribution in [0.3, 0.4) is 0 Å². The van der Waals surface area contributed by atoms with Crippen LogP contribution in [0.2, 0.25) is 0 Å². The Morgan fingerprint density at radius 2 is 1.77 bits per heavy atom. The van der Waals surface area contributed by atoms with Crippen molar-refractivity contribution < 1.29 is 23.7 Å². The summed E-state index contributed by atoms with van der Waals surface area (Å²) in [4.78, 5) is 6.40. The number of ether oxygens (including phenoxy) is 3. The Kier molecular flexibility index (Phi) is 8.73. The molecule has 2 N–H and O–H groups in total. The van der Waals surface area contributed by atoms with Gasteiger partial charge in [-0.1, -0.05) is 6.07 Å². The van der Waals surface area contributed by atoms with Gasteiger partial charge in [0.15, 0.2) is 17.5 Å². The highest BCUT2D eigenvalue weighted by molar-refractivity contribution is 5.79. The van der Waals surface area contributed by atoms with Crippen LogP contribution in [-0.4, -0.2) is 57.4 Å². The molecule has 30 heavy (non-hydrogen) atoms. The number of halogens is 1. The van der Waals surface area contributed by atoms with E-state index >= 15 is 0 Å². The maximum absolute atomic E-state index is 14.0. The van der Waals surface area contributed by atoms with E-state index in [1.54, 1.807) is 44.6 Å². The standard InChI is InChI=1S/C22H30FN3O4/c1-6-24-22(26(2)14-15-7-8-21(30-5)19(23)9-15)25-13-20(27)16-10-17(28-3)12-18(11-16)29-4/h7-12,20,27H,6,13-14H2,1-5H3,(H,24,25). The maximum Gasteiger partial charge on any atom is 0.194 e. The Hall–Kier alpha value is -3.00. The van der Waals surface area contributed by atoms with Crippen LogP contribution in [0.5, 0.6) is 17.2 Å². The first kappa shape index (κ1) is 23.3. The van der Waals surface area contributed by atoms with Gasteiger partial charge in [0.05, 0.1) is 34.0 Å². The minimum Gasteiger partial charge on any atom is -0.497 e. The molecule has 2 aromatic rings. The van der Waals surface area contributed by atoms with Gasteiger partial charge in [0.25, 0.3) is 0 Å². The normalized spacial score (nSPS) is 12.3. The summed E-state index contributed by atoms with van der Waals surface area (Å²) >= 11 is 0. The highest BCUT2D eigenvalue weighted by atomic mass is 19.1. The Morgan fingerprint density at radius 1 is 1.10 bits per heavy atom. The third-order valence-corrected chi connectivity index (χ3v) is 4.50. The number of hydrogen-bond donors (Lipinski definition) is 2. The molecule has 0 amide bonds. The Bertz CT molecular complexity index is 838. The first-order valence-electron chi connectivity index (χ1n) is 9.64. The molecule has 164 valence electrons. The van der Waals surface area contributed by atoms with Gasteiger partial charge in [-0.05, 0) is 42.3 Å². The van der Waals surface area contributed by atoms with Crippen molar-refractivity contribution in [3.05, 3.63) is 53.3 Å². The lowest BCUT2D eigenvalue weighted by Gasteiger charge is -2.23. The largest absolute Gasteiger partial charge is 0.497 e. The van der Waals surface area contributed by atoms with Gasteiger partial charge in [-0.25, -0.2) is 4.39 Å². The molecule has 8 heteroatoms. The topological polar surface area (TPSA) is 75.6 Å². The number of methoxy groups -OCH3 is 3. The summed E-state index contributed by atoms with van der Waals surface area (Å²) in [5.74, 6) is 1.59. The van der Waals surface area contributed by atoms with Gasteiger partial charge in [0.2, 0.25) is 0 Å². The van der Waals surface area contributed by atoms with E-state index in [2.05, 4.69) is 10.3 Å². The molecule has 0 heterocycles. The van der Waals surface area contributed by atoms with Crippen LogP contribution < -0.4 is 19.5 Å². The summed E-state index contributed by atoms with van der Waals surface area (Å²) in [6.07, 6.45) is -0.838. The van der Waals surface area contributed by atoms with Crippen LogP contribution in [0.25, 0.3) is 0 Å². The van der Waals surface area contributed by atoms with Crippen LogP contribution in [0.1, 0.15) is 24.2 Å². The molecular weight excluding hydrogens is 389 g/mol. The monoisotopic (exact) mass is 419 g/mol. The first-order valence-corrected chi connectivity index (χ1v) is 9.64. The third-order valence-electron chi connectivity index (χ3n) is 4.50. The second-order valence-electron chi connectivity index (χ2n) is 6.68. The number of guanidine groups is 1. The fourth-order valence-electron chi connectivity index (χ4n) is 2.93. The van der Waals surface area contributed by atoms with Gasteiger partial charge in [-0.15, -0.1) is 0 Å². The number of nitrogens with one attached hydrogen (secondary N) is 1.